The fourth-order valence-electron chi connectivity index (χ4n) is 5.25. The van der Waals surface area contributed by atoms with Gasteiger partial charge in [-0.2, -0.15) is 0 Å². The number of rotatable bonds is 8. The van der Waals surface area contributed by atoms with Gasteiger partial charge in [0.25, 0.3) is 0 Å². The zero-order valence-corrected chi connectivity index (χ0v) is 19.4. The van der Waals surface area contributed by atoms with Crippen molar-refractivity contribution >= 4 is 32.8 Å². The summed E-state index contributed by atoms with van der Waals surface area (Å²) in [7, 11) is 0. The minimum Gasteiger partial charge on any atom is -0.340 e. The van der Waals surface area contributed by atoms with E-state index in [0.29, 0.717) is 0 Å². The molecule has 0 saturated heterocycles. The van der Waals surface area contributed by atoms with Crippen LogP contribution in [0.5, 0.6) is 0 Å². The zero-order chi connectivity index (χ0) is 22.7. The molecular weight excluding hydrogens is 414 g/mol. The molecule has 0 aliphatic heterocycles. The van der Waals surface area contributed by atoms with Gasteiger partial charge in [-0.05, 0) is 37.1 Å². The van der Waals surface area contributed by atoms with E-state index < -0.39 is 0 Å². The van der Waals surface area contributed by atoms with Crippen molar-refractivity contribution in [3.63, 3.8) is 0 Å². The fraction of sp³-hybridized carbons (Fsp3) is 0.194. The first kappa shape index (κ1) is 20.7. The SMILES string of the molecule is c1ccc(-c2nc3ccccc3n2CCCCCCn2c3ccccc3c3ccccc32)cc1. The molecule has 0 saturated carbocycles. The number of para-hydroxylation sites is 4. The lowest BCUT2D eigenvalue weighted by molar-refractivity contribution is 0.555. The van der Waals surface area contributed by atoms with Crippen LogP contribution < -0.4 is 0 Å². The van der Waals surface area contributed by atoms with Crippen molar-refractivity contribution in [2.75, 3.05) is 0 Å². The summed E-state index contributed by atoms with van der Waals surface area (Å²) in [6.45, 7) is 2.07. The van der Waals surface area contributed by atoms with Crippen LogP contribution >= 0.6 is 0 Å². The van der Waals surface area contributed by atoms with Crippen LogP contribution in [0.4, 0.5) is 0 Å². The first-order valence-electron chi connectivity index (χ1n) is 12.4. The van der Waals surface area contributed by atoms with Crippen molar-refractivity contribution < 1.29 is 0 Å². The number of unbranched alkanes of at least 4 members (excludes halogenated alkanes) is 3. The van der Waals surface area contributed by atoms with Crippen molar-refractivity contribution in [2.45, 2.75) is 38.8 Å². The molecule has 0 aliphatic rings. The van der Waals surface area contributed by atoms with Gasteiger partial charge < -0.3 is 9.13 Å². The smallest absolute Gasteiger partial charge is 0.141 e. The predicted molar refractivity (Wildman–Crippen MR) is 143 cm³/mol. The number of fused-ring (bicyclic) bond motifs is 4. The third kappa shape index (κ3) is 3.77. The molecule has 34 heavy (non-hydrogen) atoms. The maximum Gasteiger partial charge on any atom is 0.141 e. The second kappa shape index (κ2) is 9.18. The average molecular weight is 444 g/mol. The first-order valence-corrected chi connectivity index (χ1v) is 12.4. The lowest BCUT2D eigenvalue weighted by Gasteiger charge is -2.10. The van der Waals surface area contributed by atoms with Crippen LogP contribution in [0.2, 0.25) is 0 Å². The van der Waals surface area contributed by atoms with Crippen molar-refractivity contribution in [1.29, 1.82) is 0 Å². The Bertz CT molecular complexity index is 1500. The molecule has 0 unspecified atom stereocenters. The Morgan fingerprint density at radius 3 is 1.68 bits per heavy atom. The maximum atomic E-state index is 4.95. The van der Waals surface area contributed by atoms with Gasteiger partial charge in [0.05, 0.1) is 11.0 Å². The van der Waals surface area contributed by atoms with E-state index in [9.17, 15) is 0 Å². The molecule has 0 fully saturated rings. The van der Waals surface area contributed by atoms with Gasteiger partial charge in [0, 0.05) is 40.5 Å². The van der Waals surface area contributed by atoms with E-state index in [0.717, 1.165) is 30.9 Å². The van der Waals surface area contributed by atoms with Crippen LogP contribution in [-0.2, 0) is 13.1 Å². The van der Waals surface area contributed by atoms with Crippen molar-refractivity contribution in [1.82, 2.24) is 14.1 Å². The maximum absolute atomic E-state index is 4.95. The van der Waals surface area contributed by atoms with Crippen LogP contribution in [-0.4, -0.2) is 14.1 Å². The minimum absolute atomic E-state index is 1.00. The van der Waals surface area contributed by atoms with Crippen LogP contribution in [0.1, 0.15) is 25.7 Å². The minimum atomic E-state index is 1.00. The molecule has 6 aromatic rings. The molecule has 6 rings (SSSR count). The zero-order valence-electron chi connectivity index (χ0n) is 19.4. The van der Waals surface area contributed by atoms with E-state index in [1.807, 2.05) is 0 Å². The van der Waals surface area contributed by atoms with E-state index in [1.54, 1.807) is 0 Å². The molecule has 168 valence electrons. The Morgan fingerprint density at radius 1 is 0.471 bits per heavy atom. The summed E-state index contributed by atoms with van der Waals surface area (Å²) in [5.74, 6) is 1.08. The molecular formula is C31H29N3. The second-order valence-corrected chi connectivity index (χ2v) is 9.04. The van der Waals surface area contributed by atoms with E-state index in [2.05, 4.69) is 112 Å². The summed E-state index contributed by atoms with van der Waals surface area (Å²) in [6.07, 6.45) is 4.80. The quantitative estimate of drug-likeness (QED) is 0.218. The van der Waals surface area contributed by atoms with Crippen molar-refractivity contribution in [2.24, 2.45) is 0 Å². The molecule has 4 aromatic carbocycles. The molecule has 3 heteroatoms. The summed E-state index contributed by atoms with van der Waals surface area (Å²) >= 11 is 0. The molecule has 3 nitrogen and oxygen atoms in total. The summed E-state index contributed by atoms with van der Waals surface area (Å²) in [4.78, 5) is 4.95. The normalized spacial score (nSPS) is 11.6. The lowest BCUT2D eigenvalue weighted by atomic mass is 10.1. The van der Waals surface area contributed by atoms with E-state index in [1.165, 1.54) is 52.1 Å². The Hall–Kier alpha value is -3.85. The molecule has 0 atom stereocenters. The number of aromatic nitrogens is 3. The largest absolute Gasteiger partial charge is 0.340 e. The number of benzene rings is 4. The molecule has 0 bridgehead atoms. The summed E-state index contributed by atoms with van der Waals surface area (Å²) in [5.41, 5.74) is 6.19. The molecule has 0 aliphatic carbocycles. The van der Waals surface area contributed by atoms with Crippen LogP contribution in [0, 0.1) is 0 Å². The summed E-state index contributed by atoms with van der Waals surface area (Å²) in [5, 5.41) is 2.72. The van der Waals surface area contributed by atoms with Crippen molar-refractivity contribution in [3.05, 3.63) is 103 Å². The third-order valence-corrected chi connectivity index (χ3v) is 6.88. The highest BCUT2D eigenvalue weighted by atomic mass is 15.1. The van der Waals surface area contributed by atoms with Crippen LogP contribution in [0.15, 0.2) is 103 Å². The molecule has 2 heterocycles. The Morgan fingerprint density at radius 2 is 1.00 bits per heavy atom. The van der Waals surface area contributed by atoms with Gasteiger partial charge >= 0.3 is 0 Å². The Balaban J connectivity index is 1.13. The highest BCUT2D eigenvalue weighted by Crippen LogP contribution is 2.29. The monoisotopic (exact) mass is 443 g/mol. The van der Waals surface area contributed by atoms with Gasteiger partial charge in [0.1, 0.15) is 5.82 Å². The Kier molecular flexibility index (Phi) is 5.60. The van der Waals surface area contributed by atoms with Gasteiger partial charge in [-0.25, -0.2) is 4.98 Å². The highest BCUT2D eigenvalue weighted by molar-refractivity contribution is 6.07. The van der Waals surface area contributed by atoms with Gasteiger partial charge in [-0.3, -0.25) is 0 Å². The number of hydrogen-bond acceptors (Lipinski definition) is 1. The second-order valence-electron chi connectivity index (χ2n) is 9.04. The topological polar surface area (TPSA) is 22.8 Å². The predicted octanol–water partition coefficient (Wildman–Crippen LogP) is 8.07. The molecule has 0 N–H and O–H groups in total. The third-order valence-electron chi connectivity index (χ3n) is 6.88. The van der Waals surface area contributed by atoms with E-state index in [-0.39, 0.29) is 0 Å². The number of aryl methyl sites for hydroxylation is 2. The number of nitrogens with zero attached hydrogens (tertiary/aromatic N) is 3. The van der Waals surface area contributed by atoms with E-state index >= 15 is 0 Å². The molecule has 0 amide bonds. The average Bonchev–Trinajstić information content (AvgIpc) is 3.43. The Labute approximate surface area is 200 Å². The fourth-order valence-corrected chi connectivity index (χ4v) is 5.25. The lowest BCUT2D eigenvalue weighted by Crippen LogP contribution is -2.02. The summed E-state index contributed by atoms with van der Waals surface area (Å²) in [6, 6.07) is 36.6. The van der Waals surface area contributed by atoms with Crippen LogP contribution in [0.3, 0.4) is 0 Å². The highest BCUT2D eigenvalue weighted by Gasteiger charge is 2.12. The standard InChI is InChI=1S/C31H29N3/c1(12-22-33-28-19-9-6-16-25(28)26-17-7-10-20-29(26)33)2-13-23-34-30-21-11-8-18-27(30)32-31(34)24-14-4-3-5-15-24/h3-11,14-21H,1-2,12-13,22-23H2. The van der Waals surface area contributed by atoms with Crippen LogP contribution in [0.25, 0.3) is 44.2 Å². The summed E-state index contributed by atoms with van der Waals surface area (Å²) < 4.78 is 4.90. The first-order chi connectivity index (χ1) is 16.9. The van der Waals surface area contributed by atoms with Gasteiger partial charge in [-0.15, -0.1) is 0 Å². The van der Waals surface area contributed by atoms with Gasteiger partial charge in [0.2, 0.25) is 0 Å². The van der Waals surface area contributed by atoms with Gasteiger partial charge in [0.15, 0.2) is 0 Å². The van der Waals surface area contributed by atoms with Crippen molar-refractivity contribution in [3.8, 4) is 11.4 Å². The molecule has 0 spiro atoms. The number of imidazole rings is 1. The van der Waals surface area contributed by atoms with Gasteiger partial charge in [-0.1, -0.05) is 91.7 Å². The number of hydrogen-bond donors (Lipinski definition) is 0. The molecule has 0 radical (unpaired) electrons. The molecule has 2 aromatic heterocycles. The van der Waals surface area contributed by atoms with E-state index in [4.69, 9.17) is 4.98 Å².